The van der Waals surface area contributed by atoms with Gasteiger partial charge in [-0.2, -0.15) is 0 Å². The molecule has 1 nitrogen and oxygen atoms in total. The molecule has 0 atom stereocenters. The summed E-state index contributed by atoms with van der Waals surface area (Å²) >= 11 is 8.41. The van der Waals surface area contributed by atoms with Crippen LogP contribution in [0.3, 0.4) is 0 Å². The lowest BCUT2D eigenvalue weighted by Gasteiger charge is -2.30. The Balaban J connectivity index is 1.56. The van der Waals surface area contributed by atoms with E-state index in [1.54, 1.807) is 11.3 Å². The second-order valence-electron chi connectivity index (χ2n) is 7.72. The third kappa shape index (κ3) is 3.05. The molecule has 1 aliphatic carbocycles. The molecular formula is C25H21ClOS. The molecule has 0 saturated heterocycles. The molecule has 0 aliphatic heterocycles. The van der Waals surface area contributed by atoms with Gasteiger partial charge in [0, 0.05) is 25.2 Å². The Morgan fingerprint density at radius 2 is 1.43 bits per heavy atom. The molecule has 0 amide bonds. The van der Waals surface area contributed by atoms with Crippen molar-refractivity contribution in [3.63, 3.8) is 0 Å². The quantitative estimate of drug-likeness (QED) is 0.316. The number of rotatable bonds is 2. The average Bonchev–Trinajstić information content (AvgIpc) is 2.75. The van der Waals surface area contributed by atoms with E-state index in [2.05, 4.69) is 30.3 Å². The van der Waals surface area contributed by atoms with Gasteiger partial charge in [0.2, 0.25) is 0 Å². The largest absolute Gasteiger partial charge is 0.289 e. The van der Waals surface area contributed by atoms with Crippen LogP contribution in [0.1, 0.15) is 48.6 Å². The van der Waals surface area contributed by atoms with Crippen molar-refractivity contribution in [1.82, 2.24) is 0 Å². The van der Waals surface area contributed by atoms with Crippen LogP contribution in [0.25, 0.3) is 20.2 Å². The molecule has 0 unspecified atom stereocenters. The summed E-state index contributed by atoms with van der Waals surface area (Å²) in [7, 11) is 0. The van der Waals surface area contributed by atoms with Crippen LogP contribution in [0, 0.1) is 0 Å². The Hall–Kier alpha value is -2.16. The van der Waals surface area contributed by atoms with E-state index in [-0.39, 0.29) is 5.43 Å². The van der Waals surface area contributed by atoms with E-state index in [0.717, 1.165) is 38.0 Å². The zero-order chi connectivity index (χ0) is 19.1. The monoisotopic (exact) mass is 404 g/mol. The van der Waals surface area contributed by atoms with E-state index < -0.39 is 0 Å². The Kier molecular flexibility index (Phi) is 4.70. The minimum Gasteiger partial charge on any atom is -0.289 e. The molecule has 0 spiro atoms. The van der Waals surface area contributed by atoms with Crippen LogP contribution in [0.2, 0.25) is 5.02 Å². The van der Waals surface area contributed by atoms with Gasteiger partial charge in [0.15, 0.2) is 5.43 Å². The van der Waals surface area contributed by atoms with E-state index in [4.69, 9.17) is 11.6 Å². The second kappa shape index (κ2) is 7.35. The lowest BCUT2D eigenvalue weighted by Crippen LogP contribution is -2.13. The molecule has 28 heavy (non-hydrogen) atoms. The molecular weight excluding hydrogens is 384 g/mol. The summed E-state index contributed by atoms with van der Waals surface area (Å²) in [5.41, 5.74) is 2.76. The predicted molar refractivity (Wildman–Crippen MR) is 121 cm³/mol. The number of benzene rings is 3. The highest BCUT2D eigenvalue weighted by atomic mass is 35.5. The van der Waals surface area contributed by atoms with E-state index in [9.17, 15) is 4.79 Å². The van der Waals surface area contributed by atoms with Gasteiger partial charge in [0.25, 0.3) is 0 Å². The van der Waals surface area contributed by atoms with Crippen LogP contribution in [-0.2, 0) is 0 Å². The van der Waals surface area contributed by atoms with Crippen LogP contribution >= 0.6 is 22.9 Å². The van der Waals surface area contributed by atoms with Crippen molar-refractivity contribution >= 4 is 43.1 Å². The summed E-state index contributed by atoms with van der Waals surface area (Å²) in [5, 5.41) is 2.43. The van der Waals surface area contributed by atoms with Gasteiger partial charge in [0.1, 0.15) is 0 Å². The Labute approximate surface area is 173 Å². The van der Waals surface area contributed by atoms with Gasteiger partial charge in [-0.1, -0.05) is 54.1 Å². The second-order valence-corrected chi connectivity index (χ2v) is 9.18. The molecule has 1 heterocycles. The zero-order valence-corrected chi connectivity index (χ0v) is 17.1. The number of hydrogen-bond donors (Lipinski definition) is 0. The first-order chi connectivity index (χ1) is 13.7. The smallest absolute Gasteiger partial charge is 0.195 e. The van der Waals surface area contributed by atoms with Crippen LogP contribution in [-0.4, -0.2) is 0 Å². The van der Waals surface area contributed by atoms with Crippen molar-refractivity contribution in [1.29, 1.82) is 0 Å². The summed E-state index contributed by atoms with van der Waals surface area (Å²) in [5.74, 6) is 1.05. The SMILES string of the molecule is O=c1c2ccccc2sc2c(C3CCC(c4ccccc4)CC3)c(Cl)ccc12. The van der Waals surface area contributed by atoms with E-state index in [0.29, 0.717) is 11.8 Å². The van der Waals surface area contributed by atoms with Gasteiger partial charge >= 0.3 is 0 Å². The summed E-state index contributed by atoms with van der Waals surface area (Å²) in [6, 6.07) is 22.6. The van der Waals surface area contributed by atoms with Gasteiger partial charge in [-0.05, 0) is 72.9 Å². The van der Waals surface area contributed by atoms with Crippen molar-refractivity contribution in [2.75, 3.05) is 0 Å². The molecule has 1 aliphatic rings. The topological polar surface area (TPSA) is 17.1 Å². The molecule has 3 aromatic carbocycles. The molecule has 1 aromatic heterocycles. The molecule has 1 fully saturated rings. The third-order valence-corrected chi connectivity index (χ3v) is 7.69. The van der Waals surface area contributed by atoms with Gasteiger partial charge < -0.3 is 0 Å². The van der Waals surface area contributed by atoms with Gasteiger partial charge in [-0.25, -0.2) is 0 Å². The number of hydrogen-bond acceptors (Lipinski definition) is 2. The molecule has 0 bridgehead atoms. The molecule has 0 N–H and O–H groups in total. The van der Waals surface area contributed by atoms with Crippen LogP contribution in [0.4, 0.5) is 0 Å². The highest BCUT2D eigenvalue weighted by molar-refractivity contribution is 7.24. The van der Waals surface area contributed by atoms with Crippen molar-refractivity contribution < 1.29 is 0 Å². The lowest BCUT2D eigenvalue weighted by molar-refractivity contribution is 0.398. The number of fused-ring (bicyclic) bond motifs is 2. The van der Waals surface area contributed by atoms with E-state index in [1.807, 2.05) is 36.4 Å². The first-order valence-electron chi connectivity index (χ1n) is 9.91. The van der Waals surface area contributed by atoms with E-state index in [1.165, 1.54) is 24.0 Å². The van der Waals surface area contributed by atoms with Crippen LogP contribution in [0.15, 0.2) is 71.5 Å². The maximum Gasteiger partial charge on any atom is 0.195 e. The molecule has 4 aromatic rings. The standard InChI is InChI=1S/C25H21ClOS/c26-21-15-14-20-24(27)19-8-4-5-9-22(19)28-25(20)23(21)18-12-10-17(11-13-18)16-6-2-1-3-7-16/h1-9,14-15,17-18H,10-13H2. The Bertz CT molecular complexity index is 1200. The average molecular weight is 405 g/mol. The maximum absolute atomic E-state index is 13.0. The highest BCUT2D eigenvalue weighted by Crippen LogP contribution is 2.45. The van der Waals surface area contributed by atoms with Crippen molar-refractivity contribution in [3.8, 4) is 0 Å². The van der Waals surface area contributed by atoms with Crippen molar-refractivity contribution in [3.05, 3.63) is 93.1 Å². The first-order valence-corrected chi connectivity index (χ1v) is 11.1. The van der Waals surface area contributed by atoms with Gasteiger partial charge in [-0.3, -0.25) is 4.79 Å². The van der Waals surface area contributed by atoms with Gasteiger partial charge in [0.05, 0.1) is 0 Å². The molecule has 3 heteroatoms. The van der Waals surface area contributed by atoms with Gasteiger partial charge in [-0.15, -0.1) is 11.3 Å². The van der Waals surface area contributed by atoms with E-state index >= 15 is 0 Å². The normalized spacial score (nSPS) is 19.9. The molecule has 140 valence electrons. The Morgan fingerprint density at radius 3 is 2.21 bits per heavy atom. The summed E-state index contributed by atoms with van der Waals surface area (Å²) in [4.78, 5) is 13.0. The minimum absolute atomic E-state index is 0.125. The summed E-state index contributed by atoms with van der Waals surface area (Å²) in [6.45, 7) is 0. The summed E-state index contributed by atoms with van der Waals surface area (Å²) < 4.78 is 2.13. The minimum atomic E-state index is 0.125. The number of halogens is 1. The molecule has 1 saturated carbocycles. The zero-order valence-electron chi connectivity index (χ0n) is 15.5. The third-order valence-electron chi connectivity index (χ3n) is 6.14. The first kappa shape index (κ1) is 17.9. The predicted octanol–water partition coefficient (Wildman–Crippen LogP) is 7.51. The fourth-order valence-electron chi connectivity index (χ4n) is 4.68. The van der Waals surface area contributed by atoms with Crippen LogP contribution < -0.4 is 5.43 Å². The highest BCUT2D eigenvalue weighted by Gasteiger charge is 2.27. The maximum atomic E-state index is 13.0. The Morgan fingerprint density at radius 1 is 0.750 bits per heavy atom. The lowest BCUT2D eigenvalue weighted by atomic mass is 9.76. The van der Waals surface area contributed by atoms with Crippen LogP contribution in [0.5, 0.6) is 0 Å². The molecule has 5 rings (SSSR count). The van der Waals surface area contributed by atoms with Crippen molar-refractivity contribution in [2.45, 2.75) is 37.5 Å². The molecule has 0 radical (unpaired) electrons. The summed E-state index contributed by atoms with van der Waals surface area (Å²) in [6.07, 6.45) is 4.58. The fraction of sp³-hybridized carbons (Fsp3) is 0.240. The van der Waals surface area contributed by atoms with Crippen molar-refractivity contribution in [2.24, 2.45) is 0 Å². The fourth-order valence-corrected chi connectivity index (χ4v) is 6.35.